The first-order chi connectivity index (χ1) is 12.0. The summed E-state index contributed by atoms with van der Waals surface area (Å²) in [5, 5.41) is 21.3. The van der Waals surface area contributed by atoms with Gasteiger partial charge in [-0.3, -0.25) is 5.41 Å². The fraction of sp³-hybridized carbons (Fsp3) is 0.294. The molecule has 0 unspecified atom stereocenters. The molecule has 1 aliphatic carbocycles. The molecule has 0 saturated heterocycles. The Morgan fingerprint density at radius 1 is 1.24 bits per heavy atom. The molecule has 1 aliphatic heterocycles. The van der Waals surface area contributed by atoms with Crippen LogP contribution < -0.4 is 16.8 Å². The van der Waals surface area contributed by atoms with E-state index in [-0.39, 0.29) is 23.7 Å². The second-order valence-electron chi connectivity index (χ2n) is 6.45. The Labute approximate surface area is 144 Å². The third kappa shape index (κ3) is 2.80. The van der Waals surface area contributed by atoms with Gasteiger partial charge in [0.15, 0.2) is 0 Å². The van der Waals surface area contributed by atoms with Gasteiger partial charge in [-0.25, -0.2) is 15.0 Å². The SMILES string of the molecule is N=C(c1ccc2c(c1)N=C(N)C2)c1c(N)ncnc1NC1CC(O)C1. The van der Waals surface area contributed by atoms with Crippen molar-refractivity contribution < 1.29 is 5.11 Å². The highest BCUT2D eigenvalue weighted by atomic mass is 16.3. The van der Waals surface area contributed by atoms with Crippen LogP contribution in [0.5, 0.6) is 0 Å². The summed E-state index contributed by atoms with van der Waals surface area (Å²) in [6.07, 6.45) is 3.04. The lowest BCUT2D eigenvalue weighted by molar-refractivity contribution is 0.0835. The highest BCUT2D eigenvalue weighted by Crippen LogP contribution is 2.31. The Kier molecular flexibility index (Phi) is 3.61. The lowest BCUT2D eigenvalue weighted by Crippen LogP contribution is -2.39. The molecule has 7 N–H and O–H groups in total. The highest BCUT2D eigenvalue weighted by molar-refractivity contribution is 6.16. The van der Waals surface area contributed by atoms with Crippen LogP contribution in [0.2, 0.25) is 0 Å². The third-order valence-corrected chi connectivity index (χ3v) is 4.59. The van der Waals surface area contributed by atoms with Crippen LogP contribution >= 0.6 is 0 Å². The quantitative estimate of drug-likeness (QED) is 0.525. The van der Waals surface area contributed by atoms with Crippen molar-refractivity contribution in [2.45, 2.75) is 31.4 Å². The molecule has 8 heteroatoms. The Bertz CT molecular complexity index is 887. The number of fused-ring (bicyclic) bond motifs is 1. The van der Waals surface area contributed by atoms with Gasteiger partial charge in [0.05, 0.1) is 23.1 Å². The highest BCUT2D eigenvalue weighted by Gasteiger charge is 2.29. The minimum atomic E-state index is -0.278. The van der Waals surface area contributed by atoms with Gasteiger partial charge in [0.1, 0.15) is 23.8 Å². The van der Waals surface area contributed by atoms with Crippen LogP contribution in [-0.4, -0.2) is 38.8 Å². The molecule has 1 saturated carbocycles. The molecule has 0 atom stereocenters. The Morgan fingerprint density at radius 2 is 2.04 bits per heavy atom. The number of aromatic nitrogens is 2. The van der Waals surface area contributed by atoms with E-state index in [9.17, 15) is 5.11 Å². The van der Waals surface area contributed by atoms with Crippen LogP contribution in [0.15, 0.2) is 29.5 Å². The van der Waals surface area contributed by atoms with Crippen LogP contribution in [-0.2, 0) is 6.42 Å². The zero-order chi connectivity index (χ0) is 17.6. The molecular weight excluding hydrogens is 318 g/mol. The number of aliphatic hydroxyl groups is 1. The van der Waals surface area contributed by atoms with Gasteiger partial charge in [0.2, 0.25) is 0 Å². The van der Waals surface area contributed by atoms with Gasteiger partial charge in [-0.15, -0.1) is 0 Å². The molecule has 1 fully saturated rings. The summed E-state index contributed by atoms with van der Waals surface area (Å²) in [7, 11) is 0. The van der Waals surface area contributed by atoms with E-state index in [2.05, 4.69) is 20.3 Å². The van der Waals surface area contributed by atoms with Crippen molar-refractivity contribution in [2.75, 3.05) is 11.1 Å². The molecule has 1 aromatic carbocycles. The van der Waals surface area contributed by atoms with Gasteiger partial charge >= 0.3 is 0 Å². The zero-order valence-electron chi connectivity index (χ0n) is 13.5. The number of nitrogen functional groups attached to an aromatic ring is 1. The number of nitrogens with one attached hydrogen (secondary N) is 2. The topological polar surface area (TPSA) is 146 Å². The van der Waals surface area contributed by atoms with Crippen molar-refractivity contribution in [3.8, 4) is 0 Å². The number of nitrogens with zero attached hydrogens (tertiary/aromatic N) is 3. The van der Waals surface area contributed by atoms with Gasteiger partial charge in [-0.2, -0.15) is 0 Å². The van der Waals surface area contributed by atoms with E-state index < -0.39 is 0 Å². The number of hydrogen-bond acceptors (Lipinski definition) is 8. The van der Waals surface area contributed by atoms with E-state index in [1.54, 1.807) is 0 Å². The van der Waals surface area contributed by atoms with Crippen LogP contribution in [0.25, 0.3) is 0 Å². The van der Waals surface area contributed by atoms with Crippen molar-refractivity contribution >= 4 is 28.9 Å². The number of aliphatic imine (C=N–C) groups is 1. The number of benzene rings is 1. The number of rotatable bonds is 4. The molecule has 0 amide bonds. The number of aliphatic hydroxyl groups excluding tert-OH is 1. The van der Waals surface area contributed by atoms with Gasteiger partial charge in [0.25, 0.3) is 0 Å². The molecule has 0 spiro atoms. The Hall–Kier alpha value is -3.00. The van der Waals surface area contributed by atoms with Gasteiger partial charge in [-0.05, 0) is 24.5 Å². The number of anilines is 2. The van der Waals surface area contributed by atoms with E-state index in [1.165, 1.54) is 6.33 Å². The minimum absolute atomic E-state index is 0.125. The van der Waals surface area contributed by atoms with Gasteiger partial charge in [0, 0.05) is 18.0 Å². The molecule has 4 rings (SSSR count). The maximum atomic E-state index is 9.46. The molecule has 2 aliphatic rings. The van der Waals surface area contributed by atoms with Crippen molar-refractivity contribution in [1.29, 1.82) is 5.41 Å². The lowest BCUT2D eigenvalue weighted by Gasteiger charge is -2.33. The summed E-state index contributed by atoms with van der Waals surface area (Å²) in [6.45, 7) is 0. The Morgan fingerprint density at radius 3 is 2.80 bits per heavy atom. The largest absolute Gasteiger partial charge is 0.393 e. The molecule has 2 heterocycles. The van der Waals surface area contributed by atoms with E-state index in [4.69, 9.17) is 16.9 Å². The maximum Gasteiger partial charge on any atom is 0.141 e. The average Bonchev–Trinajstić information content (AvgIpc) is 2.92. The third-order valence-electron chi connectivity index (χ3n) is 4.59. The van der Waals surface area contributed by atoms with Crippen molar-refractivity contribution in [3.63, 3.8) is 0 Å². The summed E-state index contributed by atoms with van der Waals surface area (Å²) in [5.41, 5.74) is 15.0. The van der Waals surface area contributed by atoms with Crippen LogP contribution in [0, 0.1) is 5.41 Å². The lowest BCUT2D eigenvalue weighted by atomic mass is 9.89. The first kappa shape index (κ1) is 15.5. The second kappa shape index (κ2) is 5.82. The molecule has 0 radical (unpaired) electrons. The van der Waals surface area contributed by atoms with Crippen LogP contribution in [0.4, 0.5) is 17.3 Å². The molecule has 25 heavy (non-hydrogen) atoms. The summed E-state index contributed by atoms with van der Waals surface area (Å²) in [4.78, 5) is 12.6. The molecular formula is C17H19N7O. The summed E-state index contributed by atoms with van der Waals surface area (Å²) in [5.74, 6) is 1.33. The van der Waals surface area contributed by atoms with Crippen molar-refractivity contribution in [1.82, 2.24) is 9.97 Å². The smallest absolute Gasteiger partial charge is 0.141 e. The minimum Gasteiger partial charge on any atom is -0.393 e. The van der Waals surface area contributed by atoms with Crippen LogP contribution in [0.3, 0.4) is 0 Å². The van der Waals surface area contributed by atoms with Crippen molar-refractivity contribution in [3.05, 3.63) is 41.2 Å². The van der Waals surface area contributed by atoms with E-state index in [1.807, 2.05) is 18.2 Å². The summed E-state index contributed by atoms with van der Waals surface area (Å²) in [6, 6.07) is 5.75. The fourth-order valence-corrected chi connectivity index (χ4v) is 3.16. The zero-order valence-corrected chi connectivity index (χ0v) is 13.5. The predicted molar refractivity (Wildman–Crippen MR) is 96.5 cm³/mol. The van der Waals surface area contributed by atoms with E-state index >= 15 is 0 Å². The molecule has 128 valence electrons. The summed E-state index contributed by atoms with van der Waals surface area (Å²) < 4.78 is 0. The van der Waals surface area contributed by atoms with Gasteiger partial charge < -0.3 is 21.9 Å². The number of hydrogen-bond donors (Lipinski definition) is 5. The maximum absolute atomic E-state index is 9.46. The molecule has 8 nitrogen and oxygen atoms in total. The average molecular weight is 337 g/mol. The molecule has 0 bridgehead atoms. The molecule has 2 aromatic rings. The first-order valence-electron chi connectivity index (χ1n) is 8.11. The number of nitrogens with two attached hydrogens (primary N) is 2. The predicted octanol–water partition coefficient (Wildman–Crippen LogP) is 0.955. The van der Waals surface area contributed by atoms with E-state index in [0.717, 1.165) is 11.3 Å². The fourth-order valence-electron chi connectivity index (χ4n) is 3.16. The number of amidine groups is 1. The molecule has 1 aromatic heterocycles. The van der Waals surface area contributed by atoms with Crippen LogP contribution in [0.1, 0.15) is 29.5 Å². The first-order valence-corrected chi connectivity index (χ1v) is 8.11. The normalized spacial score (nSPS) is 21.2. The monoisotopic (exact) mass is 337 g/mol. The second-order valence-corrected chi connectivity index (χ2v) is 6.45. The van der Waals surface area contributed by atoms with Gasteiger partial charge in [-0.1, -0.05) is 12.1 Å². The Balaban J connectivity index is 1.67. The summed E-state index contributed by atoms with van der Waals surface area (Å²) >= 11 is 0. The standard InChI is InChI=1S/C17H19N7O/c18-13-4-8-1-2-9(3-12(8)24-13)15(19)14-16(20)21-7-22-17(14)23-10-5-11(25)6-10/h1-3,7,10-11,19,25H,4-6H2,(H2,18,24)(H3,20,21,22,23). The van der Waals surface area contributed by atoms with E-state index in [0.29, 0.717) is 42.0 Å². The van der Waals surface area contributed by atoms with Crippen molar-refractivity contribution in [2.24, 2.45) is 10.7 Å².